The Bertz CT molecular complexity index is 63.4. The molecule has 0 aromatic carbocycles. The van der Waals surface area contributed by atoms with Crippen molar-refractivity contribution < 1.29 is 42.6 Å². The number of aliphatic carboxylic acids is 1. The van der Waals surface area contributed by atoms with Crippen LogP contribution in [0, 0.1) is 13.3 Å². The van der Waals surface area contributed by atoms with Crippen LogP contribution in [-0.4, -0.2) is 11.1 Å². The largest absolute Gasteiger partial charge is 0.503 e. The van der Waals surface area contributed by atoms with E-state index in [1.54, 1.807) is 0 Å². The number of carboxylic acids is 1. The van der Waals surface area contributed by atoms with E-state index in [0.29, 0.717) is 12.8 Å². The van der Waals surface area contributed by atoms with Crippen LogP contribution in [0.3, 0.4) is 0 Å². The van der Waals surface area contributed by atoms with Crippen molar-refractivity contribution in [2.24, 2.45) is 0 Å². The minimum atomic E-state index is -0.858. The Kier molecular flexibility index (Phi) is 10.5. The van der Waals surface area contributed by atoms with Crippen molar-refractivity contribution in [3.8, 4) is 0 Å². The number of rotatable bonds is 3. The van der Waals surface area contributed by atoms with E-state index >= 15 is 0 Å². The summed E-state index contributed by atoms with van der Waals surface area (Å²) >= 11 is 0. The van der Waals surface area contributed by atoms with Gasteiger partial charge in [-0.25, -0.2) is 6.42 Å². The van der Waals surface area contributed by atoms with Crippen LogP contribution in [0.1, 0.15) is 12.8 Å². The maximum absolute atomic E-state index is 9.67. The first-order valence-electron chi connectivity index (χ1n) is 2.12. The predicted octanol–water partition coefficient (Wildman–Crippen LogP) is 0.887. The van der Waals surface area contributed by atoms with E-state index in [-0.39, 0.29) is 32.7 Å². The molecule has 0 unspecified atom stereocenters. The average molecular weight is 189 g/mol. The molecule has 0 saturated carbocycles. The zero-order chi connectivity index (χ0) is 5.70. The Balaban J connectivity index is 0. The zero-order valence-electron chi connectivity index (χ0n) is 4.63. The van der Waals surface area contributed by atoms with Crippen LogP contribution in [0.4, 0.5) is 0 Å². The second kappa shape index (κ2) is 7.44. The SMILES string of the molecule is [CH2-]CC[CH-]C(=O)O.[Y]. The Morgan fingerprint density at radius 3 is 2.38 bits per heavy atom. The minimum absolute atomic E-state index is 0. The van der Waals surface area contributed by atoms with Crippen LogP contribution in [0.15, 0.2) is 0 Å². The van der Waals surface area contributed by atoms with E-state index < -0.39 is 5.97 Å². The van der Waals surface area contributed by atoms with Crippen molar-refractivity contribution in [2.45, 2.75) is 12.8 Å². The molecule has 3 heteroatoms. The molecule has 0 aliphatic heterocycles. The van der Waals surface area contributed by atoms with Gasteiger partial charge >= 0.3 is 0 Å². The Morgan fingerprint density at radius 2 is 2.25 bits per heavy atom. The second-order valence-electron chi connectivity index (χ2n) is 1.18. The van der Waals surface area contributed by atoms with Gasteiger partial charge in [0.05, 0.1) is 0 Å². The van der Waals surface area contributed by atoms with E-state index in [9.17, 15) is 4.79 Å². The van der Waals surface area contributed by atoms with Gasteiger partial charge in [0.15, 0.2) is 5.97 Å². The first kappa shape index (κ1) is 11.3. The summed E-state index contributed by atoms with van der Waals surface area (Å²) in [4.78, 5) is 9.67. The molecular formula is C5H8O2Y-2. The van der Waals surface area contributed by atoms with Crippen LogP contribution >= 0.6 is 0 Å². The molecule has 0 fully saturated rings. The molecule has 1 N–H and O–H groups in total. The molecule has 0 heterocycles. The van der Waals surface area contributed by atoms with E-state index in [1.165, 1.54) is 6.42 Å². The summed E-state index contributed by atoms with van der Waals surface area (Å²) in [5, 5.41) is 7.96. The minimum Gasteiger partial charge on any atom is -0.503 e. The molecule has 0 saturated heterocycles. The van der Waals surface area contributed by atoms with Crippen molar-refractivity contribution >= 4 is 5.97 Å². The molecule has 1 radical (unpaired) electrons. The van der Waals surface area contributed by atoms with Gasteiger partial charge in [-0.15, -0.1) is 0 Å². The van der Waals surface area contributed by atoms with Crippen molar-refractivity contribution in [2.75, 3.05) is 0 Å². The first-order valence-corrected chi connectivity index (χ1v) is 2.12. The molecular weight excluding hydrogens is 181 g/mol. The smallest absolute Gasteiger partial charge is 0.163 e. The van der Waals surface area contributed by atoms with E-state index in [2.05, 4.69) is 6.92 Å². The second-order valence-corrected chi connectivity index (χ2v) is 1.18. The normalized spacial score (nSPS) is 7.12. The Morgan fingerprint density at radius 1 is 1.75 bits per heavy atom. The fourth-order valence-electron chi connectivity index (χ4n) is 0.226. The number of hydrogen-bond donors (Lipinski definition) is 1. The summed E-state index contributed by atoms with van der Waals surface area (Å²) in [6.45, 7) is 3.46. The van der Waals surface area contributed by atoms with Gasteiger partial charge in [0.25, 0.3) is 0 Å². The Labute approximate surface area is 74.5 Å². The van der Waals surface area contributed by atoms with Gasteiger partial charge in [-0.1, -0.05) is 0 Å². The molecule has 0 aliphatic carbocycles. The monoisotopic (exact) mass is 189 g/mol. The van der Waals surface area contributed by atoms with Crippen molar-refractivity contribution in [3.63, 3.8) is 0 Å². The van der Waals surface area contributed by atoms with Crippen LogP contribution in [0.25, 0.3) is 0 Å². The standard InChI is InChI=1S/C5H8O2.Y/c1-2-3-4-5(6)7;/h4H,1-3H2,(H,6,7);/q-2;. The zero-order valence-corrected chi connectivity index (χ0v) is 7.47. The molecule has 45 valence electrons. The fraction of sp³-hybridized carbons (Fsp3) is 0.400. The summed E-state index contributed by atoms with van der Waals surface area (Å²) < 4.78 is 0. The van der Waals surface area contributed by atoms with Crippen LogP contribution in [-0.2, 0) is 37.5 Å². The van der Waals surface area contributed by atoms with Gasteiger partial charge < -0.3 is 12.0 Å². The van der Waals surface area contributed by atoms with Crippen molar-refractivity contribution in [3.05, 3.63) is 13.3 Å². The van der Waals surface area contributed by atoms with Gasteiger partial charge in [-0.2, -0.15) is 6.42 Å². The van der Waals surface area contributed by atoms with Gasteiger partial charge in [0.1, 0.15) is 0 Å². The first-order chi connectivity index (χ1) is 3.27. The summed E-state index contributed by atoms with van der Waals surface area (Å²) in [5.41, 5.74) is 0. The molecule has 0 spiro atoms. The summed E-state index contributed by atoms with van der Waals surface area (Å²) in [5.74, 6) is -0.858. The number of unbranched alkanes of at least 4 members (excludes halogenated alkanes) is 1. The average Bonchev–Trinajstić information content (AvgIpc) is 1.61. The van der Waals surface area contributed by atoms with Crippen LogP contribution in [0.2, 0.25) is 0 Å². The van der Waals surface area contributed by atoms with Crippen LogP contribution < -0.4 is 0 Å². The third-order valence-corrected chi connectivity index (χ3v) is 0.523. The van der Waals surface area contributed by atoms with Gasteiger partial charge in [0.2, 0.25) is 0 Å². The molecule has 0 bridgehead atoms. The molecule has 0 aliphatic rings. The number of hydrogen-bond acceptors (Lipinski definition) is 1. The van der Waals surface area contributed by atoms with Crippen LogP contribution in [0.5, 0.6) is 0 Å². The number of carbonyl (C=O) groups is 1. The molecule has 0 aromatic heterocycles. The van der Waals surface area contributed by atoms with E-state index in [0.717, 1.165) is 0 Å². The predicted molar refractivity (Wildman–Crippen MR) is 26.5 cm³/mol. The van der Waals surface area contributed by atoms with E-state index in [1.807, 2.05) is 0 Å². The Hall–Kier alpha value is 0.444. The third kappa shape index (κ3) is 9.67. The molecule has 0 atom stereocenters. The summed E-state index contributed by atoms with van der Waals surface area (Å²) in [7, 11) is 0. The van der Waals surface area contributed by atoms with Gasteiger partial charge in [-0.05, 0) is 0 Å². The quantitative estimate of drug-likeness (QED) is 0.669. The van der Waals surface area contributed by atoms with Gasteiger partial charge in [0, 0.05) is 32.7 Å². The fourth-order valence-corrected chi connectivity index (χ4v) is 0.226. The summed E-state index contributed by atoms with van der Waals surface area (Å²) in [6.07, 6.45) is 2.43. The summed E-state index contributed by atoms with van der Waals surface area (Å²) in [6, 6.07) is 0. The van der Waals surface area contributed by atoms with E-state index in [4.69, 9.17) is 5.11 Å². The van der Waals surface area contributed by atoms with Crippen molar-refractivity contribution in [1.29, 1.82) is 0 Å². The number of carboxylic acid groups (broad SMARTS) is 1. The molecule has 0 aromatic rings. The van der Waals surface area contributed by atoms with Gasteiger partial charge in [-0.3, -0.25) is 11.2 Å². The third-order valence-electron chi connectivity index (χ3n) is 0.523. The molecule has 0 rings (SSSR count). The maximum atomic E-state index is 9.67. The molecule has 0 amide bonds. The maximum Gasteiger partial charge on any atom is 0.163 e. The van der Waals surface area contributed by atoms with Crippen molar-refractivity contribution in [1.82, 2.24) is 0 Å². The molecule has 8 heavy (non-hydrogen) atoms. The topological polar surface area (TPSA) is 37.3 Å². The molecule has 2 nitrogen and oxygen atoms in total.